The first-order chi connectivity index (χ1) is 12.1. The van der Waals surface area contributed by atoms with Crippen molar-refractivity contribution in [1.29, 1.82) is 0 Å². The van der Waals surface area contributed by atoms with Crippen LogP contribution in [0.5, 0.6) is 0 Å². The third-order valence-electron chi connectivity index (χ3n) is 3.97. The zero-order valence-electron chi connectivity index (χ0n) is 12.9. The number of benzene rings is 1. The van der Waals surface area contributed by atoms with E-state index in [1.54, 1.807) is 23.5 Å². The summed E-state index contributed by atoms with van der Waals surface area (Å²) in [5.41, 5.74) is 1.94. The molecule has 0 saturated carbocycles. The lowest BCUT2D eigenvalue weighted by molar-refractivity contribution is 0.0676. The molecule has 1 aromatic carbocycles. The van der Waals surface area contributed by atoms with Crippen LogP contribution in [-0.2, 0) is 0 Å². The molecule has 0 bridgehead atoms. The smallest absolute Gasteiger partial charge is 0.310 e. The number of thiophene rings is 1. The summed E-state index contributed by atoms with van der Waals surface area (Å²) >= 11 is 8.46. The Hall–Kier alpha value is -1.70. The Morgan fingerprint density at radius 3 is 2.68 bits per heavy atom. The van der Waals surface area contributed by atoms with Crippen LogP contribution in [0.3, 0.4) is 0 Å². The van der Waals surface area contributed by atoms with Crippen LogP contribution in [0.4, 0.5) is 0 Å². The average molecular weight is 480 g/mol. The Morgan fingerprint density at radius 1 is 1.16 bits per heavy atom. The van der Waals surface area contributed by atoms with Gasteiger partial charge in [-0.1, -0.05) is 40.2 Å². The van der Waals surface area contributed by atoms with Crippen molar-refractivity contribution in [3.8, 4) is 0 Å². The molecular weight excluding hydrogens is 468 g/mol. The first-order valence-electron chi connectivity index (χ1n) is 7.58. The van der Waals surface area contributed by atoms with Crippen LogP contribution in [0, 0.1) is 0 Å². The van der Waals surface area contributed by atoms with Crippen molar-refractivity contribution in [2.75, 3.05) is 0 Å². The van der Waals surface area contributed by atoms with E-state index in [1.807, 2.05) is 41.8 Å². The van der Waals surface area contributed by atoms with Crippen LogP contribution in [0.2, 0.25) is 0 Å². The fourth-order valence-electron chi connectivity index (χ4n) is 2.82. The molecule has 7 heteroatoms. The topological polar surface area (TPSA) is 45.8 Å². The van der Waals surface area contributed by atoms with E-state index in [2.05, 4.69) is 37.0 Å². The molecule has 4 nitrogen and oxygen atoms in total. The molecule has 4 rings (SSSR count). The van der Waals surface area contributed by atoms with Gasteiger partial charge in [-0.25, -0.2) is 5.01 Å². The van der Waals surface area contributed by atoms with E-state index < -0.39 is 0 Å². The largest absolute Gasteiger partial charge is 0.444 e. The SMILES string of the molecule is O=C(c1ccc(Br)o1)N1N=C(c2cccs2)CC1c1ccccc1Br. The van der Waals surface area contributed by atoms with Crippen molar-refractivity contribution in [2.24, 2.45) is 5.10 Å². The minimum atomic E-state index is -0.252. The number of halogens is 2. The van der Waals surface area contributed by atoms with Gasteiger partial charge in [0.1, 0.15) is 0 Å². The molecular formula is C18H12Br2N2O2S. The van der Waals surface area contributed by atoms with Gasteiger partial charge in [-0.05, 0) is 51.1 Å². The number of furan rings is 1. The number of carbonyl (C=O) groups is 1. The summed E-state index contributed by atoms with van der Waals surface area (Å²) in [5, 5.41) is 8.17. The molecule has 1 amide bonds. The lowest BCUT2D eigenvalue weighted by Gasteiger charge is -2.22. The van der Waals surface area contributed by atoms with E-state index in [-0.39, 0.29) is 17.7 Å². The summed E-state index contributed by atoms with van der Waals surface area (Å²) in [4.78, 5) is 14.0. The zero-order chi connectivity index (χ0) is 17.4. The first kappa shape index (κ1) is 16.8. The Kier molecular flexibility index (Phi) is 4.62. The van der Waals surface area contributed by atoms with Gasteiger partial charge in [0.2, 0.25) is 0 Å². The van der Waals surface area contributed by atoms with Crippen LogP contribution in [-0.4, -0.2) is 16.6 Å². The highest BCUT2D eigenvalue weighted by Gasteiger charge is 2.36. The molecule has 25 heavy (non-hydrogen) atoms. The van der Waals surface area contributed by atoms with Gasteiger partial charge in [-0.15, -0.1) is 11.3 Å². The maximum Gasteiger partial charge on any atom is 0.310 e. The third kappa shape index (κ3) is 3.23. The maximum atomic E-state index is 13.0. The number of nitrogens with zero attached hydrogens (tertiary/aromatic N) is 2. The van der Waals surface area contributed by atoms with Gasteiger partial charge in [0, 0.05) is 10.9 Å². The fourth-order valence-corrected chi connectivity index (χ4v) is 4.40. The highest BCUT2D eigenvalue weighted by molar-refractivity contribution is 9.10. The summed E-state index contributed by atoms with van der Waals surface area (Å²) in [7, 11) is 0. The van der Waals surface area contributed by atoms with Crippen molar-refractivity contribution in [2.45, 2.75) is 12.5 Å². The van der Waals surface area contributed by atoms with Gasteiger partial charge in [0.15, 0.2) is 10.4 Å². The van der Waals surface area contributed by atoms with E-state index in [4.69, 9.17) is 4.42 Å². The summed E-state index contributed by atoms with van der Waals surface area (Å²) in [6.45, 7) is 0. The van der Waals surface area contributed by atoms with Crippen molar-refractivity contribution in [3.05, 3.63) is 79.3 Å². The van der Waals surface area contributed by atoms with Gasteiger partial charge in [-0.2, -0.15) is 5.10 Å². The molecule has 126 valence electrons. The molecule has 3 aromatic rings. The summed E-state index contributed by atoms with van der Waals surface area (Å²) in [5.74, 6) is 0.0121. The highest BCUT2D eigenvalue weighted by atomic mass is 79.9. The van der Waals surface area contributed by atoms with E-state index in [0.717, 1.165) is 20.6 Å². The molecule has 0 radical (unpaired) electrons. The van der Waals surface area contributed by atoms with Gasteiger partial charge < -0.3 is 4.42 Å². The van der Waals surface area contributed by atoms with E-state index in [9.17, 15) is 4.79 Å². The molecule has 3 heterocycles. The Morgan fingerprint density at radius 2 is 2.00 bits per heavy atom. The summed E-state index contributed by atoms with van der Waals surface area (Å²) in [6.07, 6.45) is 0.663. The second kappa shape index (κ2) is 6.90. The molecule has 1 aliphatic rings. The van der Waals surface area contributed by atoms with Crippen LogP contribution in [0.25, 0.3) is 0 Å². The monoisotopic (exact) mass is 478 g/mol. The molecule has 2 aromatic heterocycles. The fraction of sp³-hybridized carbons (Fsp3) is 0.111. The second-order valence-corrected chi connectivity index (χ2v) is 8.10. The van der Waals surface area contributed by atoms with E-state index >= 15 is 0 Å². The third-order valence-corrected chi connectivity index (χ3v) is 6.04. The van der Waals surface area contributed by atoms with E-state index in [1.165, 1.54) is 5.01 Å². The molecule has 0 saturated heterocycles. The van der Waals surface area contributed by atoms with Gasteiger partial charge in [0.05, 0.1) is 16.6 Å². The molecule has 0 N–H and O–H groups in total. The van der Waals surface area contributed by atoms with Crippen molar-refractivity contribution < 1.29 is 9.21 Å². The van der Waals surface area contributed by atoms with Gasteiger partial charge >= 0.3 is 5.91 Å². The predicted octanol–water partition coefficient (Wildman–Crippen LogP) is 5.86. The Balaban J connectivity index is 1.75. The highest BCUT2D eigenvalue weighted by Crippen LogP contribution is 2.38. The van der Waals surface area contributed by atoms with Crippen LogP contribution >= 0.6 is 43.2 Å². The quantitative estimate of drug-likeness (QED) is 0.472. The minimum absolute atomic E-state index is 0.177. The molecule has 1 aliphatic heterocycles. The Bertz CT molecular complexity index is 950. The second-order valence-electron chi connectivity index (χ2n) is 5.52. The minimum Gasteiger partial charge on any atom is -0.444 e. The predicted molar refractivity (Wildman–Crippen MR) is 105 cm³/mol. The Labute approximate surface area is 165 Å². The zero-order valence-corrected chi connectivity index (χ0v) is 16.8. The maximum absolute atomic E-state index is 13.0. The number of carbonyl (C=O) groups excluding carboxylic acids is 1. The van der Waals surface area contributed by atoms with Crippen molar-refractivity contribution in [3.63, 3.8) is 0 Å². The number of hydrogen-bond acceptors (Lipinski definition) is 4. The van der Waals surface area contributed by atoms with Crippen LogP contribution < -0.4 is 0 Å². The van der Waals surface area contributed by atoms with Gasteiger partial charge in [0.25, 0.3) is 0 Å². The molecule has 0 fully saturated rings. The number of hydrogen-bond donors (Lipinski definition) is 0. The van der Waals surface area contributed by atoms with Gasteiger partial charge in [-0.3, -0.25) is 4.79 Å². The molecule has 0 spiro atoms. The molecule has 1 unspecified atom stereocenters. The normalized spacial score (nSPS) is 17.0. The molecule has 1 atom stereocenters. The lowest BCUT2D eigenvalue weighted by atomic mass is 10.0. The lowest BCUT2D eigenvalue weighted by Crippen LogP contribution is -2.27. The van der Waals surface area contributed by atoms with Crippen molar-refractivity contribution in [1.82, 2.24) is 5.01 Å². The number of rotatable bonds is 3. The number of amides is 1. The first-order valence-corrected chi connectivity index (χ1v) is 10.0. The van der Waals surface area contributed by atoms with Crippen molar-refractivity contribution >= 4 is 54.8 Å². The van der Waals surface area contributed by atoms with Crippen LogP contribution in [0.1, 0.15) is 33.5 Å². The van der Waals surface area contributed by atoms with Crippen LogP contribution in [0.15, 0.2) is 72.6 Å². The summed E-state index contributed by atoms with van der Waals surface area (Å²) < 4.78 is 6.93. The van der Waals surface area contributed by atoms with E-state index in [0.29, 0.717) is 11.1 Å². The molecule has 0 aliphatic carbocycles. The standard InChI is InChI=1S/C18H12Br2N2O2S/c19-12-5-2-1-4-11(12)14-10-13(16-6-3-9-25-16)21-22(14)18(23)15-7-8-17(20)24-15/h1-9,14H,10H2. The number of hydrazone groups is 1. The average Bonchev–Trinajstić information content (AvgIpc) is 3.34. The summed E-state index contributed by atoms with van der Waals surface area (Å²) in [6, 6.07) is 15.1.